The zero-order chi connectivity index (χ0) is 8.36. The van der Waals surface area contributed by atoms with Crippen molar-refractivity contribution >= 4 is 5.91 Å². The molecule has 0 bridgehead atoms. The standard InChI is InChI=1S/C6H11F2NO/c1-6(2,4(7)8)5(10)9-3/h4H,1-3H3,(H,9,10). The number of nitrogens with one attached hydrogen (secondary N) is 1. The highest BCUT2D eigenvalue weighted by Gasteiger charge is 2.36. The first-order valence-corrected chi connectivity index (χ1v) is 2.93. The van der Waals surface area contributed by atoms with Gasteiger partial charge in [-0.1, -0.05) is 0 Å². The molecule has 0 fully saturated rings. The largest absolute Gasteiger partial charge is 0.359 e. The van der Waals surface area contributed by atoms with Gasteiger partial charge in [0.1, 0.15) is 5.41 Å². The Morgan fingerprint density at radius 3 is 2.00 bits per heavy atom. The molecule has 1 amide bonds. The minimum absolute atomic E-state index is 0.637. The van der Waals surface area contributed by atoms with Gasteiger partial charge in [0.25, 0.3) is 6.43 Å². The van der Waals surface area contributed by atoms with Crippen molar-refractivity contribution in [3.63, 3.8) is 0 Å². The minimum atomic E-state index is -2.62. The summed E-state index contributed by atoms with van der Waals surface area (Å²) in [5.41, 5.74) is -1.57. The van der Waals surface area contributed by atoms with Gasteiger partial charge in [0, 0.05) is 7.05 Å². The van der Waals surface area contributed by atoms with E-state index in [1.54, 1.807) is 0 Å². The Bertz CT molecular complexity index is 134. The van der Waals surface area contributed by atoms with Crippen LogP contribution in [-0.2, 0) is 4.79 Å². The van der Waals surface area contributed by atoms with Crippen molar-refractivity contribution in [3.05, 3.63) is 0 Å². The number of alkyl halides is 2. The van der Waals surface area contributed by atoms with Crippen LogP contribution in [0.1, 0.15) is 13.8 Å². The summed E-state index contributed by atoms with van der Waals surface area (Å²) in [6, 6.07) is 0. The smallest absolute Gasteiger partial charge is 0.252 e. The van der Waals surface area contributed by atoms with Gasteiger partial charge in [0.15, 0.2) is 0 Å². The van der Waals surface area contributed by atoms with E-state index in [2.05, 4.69) is 5.32 Å². The van der Waals surface area contributed by atoms with Crippen LogP contribution in [0.25, 0.3) is 0 Å². The van der Waals surface area contributed by atoms with Crippen molar-refractivity contribution in [2.24, 2.45) is 5.41 Å². The van der Waals surface area contributed by atoms with Crippen LogP contribution in [0.15, 0.2) is 0 Å². The van der Waals surface area contributed by atoms with Crippen LogP contribution < -0.4 is 5.32 Å². The molecule has 0 unspecified atom stereocenters. The van der Waals surface area contributed by atoms with E-state index in [0.717, 1.165) is 0 Å². The molecule has 0 aliphatic carbocycles. The van der Waals surface area contributed by atoms with E-state index in [4.69, 9.17) is 0 Å². The highest BCUT2D eigenvalue weighted by atomic mass is 19.3. The van der Waals surface area contributed by atoms with Crippen LogP contribution in [0.4, 0.5) is 8.78 Å². The Morgan fingerprint density at radius 2 is 1.90 bits per heavy atom. The quantitative estimate of drug-likeness (QED) is 0.627. The third kappa shape index (κ3) is 1.65. The highest BCUT2D eigenvalue weighted by molar-refractivity contribution is 5.81. The predicted octanol–water partition coefficient (Wildman–Crippen LogP) is 1.02. The van der Waals surface area contributed by atoms with Gasteiger partial charge in [0.2, 0.25) is 5.91 Å². The zero-order valence-electron chi connectivity index (χ0n) is 6.24. The maximum atomic E-state index is 12.0. The average Bonchev–Trinajstić information content (AvgIpc) is 1.86. The van der Waals surface area contributed by atoms with Crippen LogP contribution >= 0.6 is 0 Å². The summed E-state index contributed by atoms with van der Waals surface area (Å²) in [7, 11) is 1.34. The summed E-state index contributed by atoms with van der Waals surface area (Å²) in [6.45, 7) is 2.41. The fraction of sp³-hybridized carbons (Fsp3) is 0.833. The SMILES string of the molecule is CNC(=O)C(C)(C)C(F)F. The second kappa shape index (κ2) is 2.94. The molecule has 60 valence electrons. The van der Waals surface area contributed by atoms with E-state index >= 15 is 0 Å². The van der Waals surface area contributed by atoms with Gasteiger partial charge in [-0.15, -0.1) is 0 Å². The van der Waals surface area contributed by atoms with E-state index in [0.29, 0.717) is 0 Å². The molecule has 2 nitrogen and oxygen atoms in total. The molecule has 1 N–H and O–H groups in total. The normalized spacial score (nSPS) is 11.8. The minimum Gasteiger partial charge on any atom is -0.359 e. The molecule has 0 rings (SSSR count). The van der Waals surface area contributed by atoms with Crippen molar-refractivity contribution in [2.75, 3.05) is 7.05 Å². The summed E-state index contributed by atoms with van der Waals surface area (Å²) in [6.07, 6.45) is -2.62. The molecule has 0 aromatic rings. The monoisotopic (exact) mass is 151 g/mol. The summed E-state index contributed by atoms with van der Waals surface area (Å²) in [4.78, 5) is 10.7. The van der Waals surface area contributed by atoms with E-state index < -0.39 is 17.7 Å². The fourth-order valence-corrected chi connectivity index (χ4v) is 0.421. The van der Waals surface area contributed by atoms with E-state index in [1.165, 1.54) is 20.9 Å². The average molecular weight is 151 g/mol. The van der Waals surface area contributed by atoms with Gasteiger partial charge in [-0.25, -0.2) is 8.78 Å². The number of halogens is 2. The molecular formula is C6H11F2NO. The molecule has 0 atom stereocenters. The summed E-state index contributed by atoms with van der Waals surface area (Å²) >= 11 is 0. The molecule has 0 saturated carbocycles. The number of hydrogen-bond acceptors (Lipinski definition) is 1. The molecule has 0 radical (unpaired) electrons. The maximum Gasteiger partial charge on any atom is 0.252 e. The van der Waals surface area contributed by atoms with Gasteiger partial charge >= 0.3 is 0 Å². The van der Waals surface area contributed by atoms with Crippen molar-refractivity contribution in [2.45, 2.75) is 20.3 Å². The van der Waals surface area contributed by atoms with E-state index in [9.17, 15) is 13.6 Å². The zero-order valence-corrected chi connectivity index (χ0v) is 6.24. The number of amides is 1. The summed E-state index contributed by atoms with van der Waals surface area (Å²) < 4.78 is 24.0. The molecule has 0 aromatic carbocycles. The number of rotatable bonds is 2. The Morgan fingerprint density at radius 1 is 1.50 bits per heavy atom. The van der Waals surface area contributed by atoms with Crippen LogP contribution in [0.2, 0.25) is 0 Å². The molecule has 0 aliphatic rings. The predicted molar refractivity (Wildman–Crippen MR) is 33.9 cm³/mol. The Labute approximate surface area is 58.6 Å². The second-order valence-corrected chi connectivity index (χ2v) is 2.60. The van der Waals surface area contributed by atoms with Gasteiger partial charge in [-0.05, 0) is 13.8 Å². The molecule has 0 aromatic heterocycles. The Hall–Kier alpha value is -0.670. The van der Waals surface area contributed by atoms with Crippen LogP contribution in [0, 0.1) is 5.41 Å². The fourth-order valence-electron chi connectivity index (χ4n) is 0.421. The summed E-state index contributed by atoms with van der Waals surface area (Å²) in [5.74, 6) is -0.637. The molecule has 0 heterocycles. The van der Waals surface area contributed by atoms with Crippen molar-refractivity contribution in [3.8, 4) is 0 Å². The van der Waals surface area contributed by atoms with Crippen LogP contribution in [-0.4, -0.2) is 19.4 Å². The Balaban J connectivity index is 4.24. The lowest BCUT2D eigenvalue weighted by atomic mass is 9.93. The Kier molecular flexibility index (Phi) is 2.75. The van der Waals surface area contributed by atoms with Crippen LogP contribution in [0.3, 0.4) is 0 Å². The molecule has 0 spiro atoms. The van der Waals surface area contributed by atoms with Crippen LogP contribution in [0.5, 0.6) is 0 Å². The lowest BCUT2D eigenvalue weighted by Gasteiger charge is -2.20. The van der Waals surface area contributed by atoms with Gasteiger partial charge in [-0.2, -0.15) is 0 Å². The second-order valence-electron chi connectivity index (χ2n) is 2.60. The number of carbonyl (C=O) groups is 1. The first-order chi connectivity index (χ1) is 4.42. The summed E-state index contributed by atoms with van der Waals surface area (Å²) in [5, 5.41) is 2.17. The molecule has 0 aliphatic heterocycles. The maximum absolute atomic E-state index is 12.0. The first kappa shape index (κ1) is 9.33. The van der Waals surface area contributed by atoms with Crippen molar-refractivity contribution in [1.29, 1.82) is 0 Å². The van der Waals surface area contributed by atoms with Gasteiger partial charge < -0.3 is 5.32 Å². The molecule has 0 saturated heterocycles. The lowest BCUT2D eigenvalue weighted by Crippen LogP contribution is -2.39. The third-order valence-corrected chi connectivity index (χ3v) is 1.36. The first-order valence-electron chi connectivity index (χ1n) is 2.93. The van der Waals surface area contributed by atoms with Crippen molar-refractivity contribution in [1.82, 2.24) is 5.32 Å². The van der Waals surface area contributed by atoms with E-state index in [-0.39, 0.29) is 0 Å². The number of carbonyl (C=O) groups excluding carboxylic acids is 1. The highest BCUT2D eigenvalue weighted by Crippen LogP contribution is 2.24. The third-order valence-electron chi connectivity index (χ3n) is 1.36. The number of hydrogen-bond donors (Lipinski definition) is 1. The topological polar surface area (TPSA) is 29.1 Å². The lowest BCUT2D eigenvalue weighted by molar-refractivity contribution is -0.136. The van der Waals surface area contributed by atoms with Crippen molar-refractivity contribution < 1.29 is 13.6 Å². The molecule has 4 heteroatoms. The molecule has 10 heavy (non-hydrogen) atoms. The van der Waals surface area contributed by atoms with E-state index in [1.807, 2.05) is 0 Å². The van der Waals surface area contributed by atoms with Gasteiger partial charge in [-0.3, -0.25) is 4.79 Å². The van der Waals surface area contributed by atoms with Gasteiger partial charge in [0.05, 0.1) is 0 Å². The molecular weight excluding hydrogens is 140 g/mol.